The van der Waals surface area contributed by atoms with Crippen LogP contribution in [0.1, 0.15) is 36.8 Å². The third-order valence-electron chi connectivity index (χ3n) is 2.74. The topological polar surface area (TPSA) is 73.8 Å². The molecule has 0 aliphatic rings. The van der Waals surface area contributed by atoms with Crippen molar-refractivity contribution >= 4 is 5.91 Å². The maximum Gasteiger partial charge on any atom is 0.270 e. The van der Waals surface area contributed by atoms with Gasteiger partial charge in [-0.25, -0.2) is 4.68 Å². The van der Waals surface area contributed by atoms with Crippen LogP contribution in [-0.4, -0.2) is 20.9 Å². The third kappa shape index (κ3) is 2.40. The maximum atomic E-state index is 10.9. The molecule has 5 heteroatoms. The Bertz CT molecular complexity index is 563. The summed E-state index contributed by atoms with van der Waals surface area (Å²) in [6, 6.07) is 7.97. The maximum absolute atomic E-state index is 10.9. The molecule has 1 aromatic carbocycles. The predicted octanol–water partition coefficient (Wildman–Crippen LogP) is 1.66. The van der Waals surface area contributed by atoms with Crippen LogP contribution in [0.15, 0.2) is 30.5 Å². The zero-order chi connectivity index (χ0) is 13.3. The number of amides is 1. The molecule has 1 heterocycles. The minimum Gasteiger partial charge on any atom is -0.364 e. The van der Waals surface area contributed by atoms with E-state index in [2.05, 4.69) is 31.1 Å². The minimum absolute atomic E-state index is 0.110. The van der Waals surface area contributed by atoms with Gasteiger partial charge >= 0.3 is 0 Å². The molecule has 18 heavy (non-hydrogen) atoms. The van der Waals surface area contributed by atoms with Crippen molar-refractivity contribution in [3.05, 3.63) is 41.7 Å². The standard InChI is InChI=1S/C13H16N4O/c1-13(2,3)9-4-6-10(7-5-9)17-8-11(12(14)18)15-16-17/h4-8H,1-3H3,(H2,14,18). The van der Waals surface area contributed by atoms with Crippen LogP contribution in [0.25, 0.3) is 5.69 Å². The van der Waals surface area contributed by atoms with E-state index < -0.39 is 5.91 Å². The van der Waals surface area contributed by atoms with Crippen molar-refractivity contribution in [3.8, 4) is 5.69 Å². The van der Waals surface area contributed by atoms with Gasteiger partial charge in [-0.1, -0.05) is 38.1 Å². The second kappa shape index (κ2) is 4.25. The monoisotopic (exact) mass is 244 g/mol. The Kier molecular flexibility index (Phi) is 2.90. The van der Waals surface area contributed by atoms with Gasteiger partial charge in [0, 0.05) is 0 Å². The van der Waals surface area contributed by atoms with Crippen LogP contribution in [0.3, 0.4) is 0 Å². The third-order valence-corrected chi connectivity index (χ3v) is 2.74. The summed E-state index contributed by atoms with van der Waals surface area (Å²) in [5, 5.41) is 7.57. The van der Waals surface area contributed by atoms with Gasteiger partial charge in [0.1, 0.15) is 0 Å². The van der Waals surface area contributed by atoms with Crippen LogP contribution in [0, 0.1) is 0 Å². The Morgan fingerprint density at radius 2 is 1.83 bits per heavy atom. The highest BCUT2D eigenvalue weighted by molar-refractivity contribution is 5.90. The lowest BCUT2D eigenvalue weighted by atomic mass is 9.87. The van der Waals surface area contributed by atoms with Crippen LogP contribution in [0.4, 0.5) is 0 Å². The zero-order valence-corrected chi connectivity index (χ0v) is 10.7. The van der Waals surface area contributed by atoms with E-state index in [9.17, 15) is 4.79 Å². The lowest BCUT2D eigenvalue weighted by Crippen LogP contribution is -2.11. The number of benzene rings is 1. The molecule has 0 unspecified atom stereocenters. The van der Waals surface area contributed by atoms with Crippen molar-refractivity contribution in [2.24, 2.45) is 5.73 Å². The van der Waals surface area contributed by atoms with Gasteiger partial charge in [-0.2, -0.15) is 0 Å². The molecule has 0 bridgehead atoms. The zero-order valence-electron chi connectivity index (χ0n) is 10.7. The average Bonchev–Trinajstić information content (AvgIpc) is 2.77. The van der Waals surface area contributed by atoms with E-state index in [0.29, 0.717) is 0 Å². The van der Waals surface area contributed by atoms with E-state index in [0.717, 1.165) is 5.69 Å². The fourth-order valence-electron chi connectivity index (χ4n) is 1.62. The Labute approximate surface area is 106 Å². The summed E-state index contributed by atoms with van der Waals surface area (Å²) < 4.78 is 1.53. The van der Waals surface area contributed by atoms with E-state index in [1.807, 2.05) is 24.3 Å². The lowest BCUT2D eigenvalue weighted by Gasteiger charge is -2.18. The largest absolute Gasteiger partial charge is 0.364 e. The van der Waals surface area contributed by atoms with Crippen LogP contribution >= 0.6 is 0 Å². The summed E-state index contributed by atoms with van der Waals surface area (Å²) in [5.74, 6) is -0.576. The molecule has 0 radical (unpaired) electrons. The average molecular weight is 244 g/mol. The molecular formula is C13H16N4O. The minimum atomic E-state index is -0.576. The number of aromatic nitrogens is 3. The normalized spacial score (nSPS) is 11.5. The quantitative estimate of drug-likeness (QED) is 0.873. The summed E-state index contributed by atoms with van der Waals surface area (Å²) in [6.07, 6.45) is 1.52. The molecule has 0 atom stereocenters. The second-order valence-electron chi connectivity index (χ2n) is 5.21. The van der Waals surface area contributed by atoms with Gasteiger partial charge in [-0.05, 0) is 23.1 Å². The molecule has 1 amide bonds. The summed E-state index contributed by atoms with van der Waals surface area (Å²) in [5.41, 5.74) is 7.49. The molecule has 0 spiro atoms. The van der Waals surface area contributed by atoms with E-state index >= 15 is 0 Å². The van der Waals surface area contributed by atoms with Crippen LogP contribution in [0.2, 0.25) is 0 Å². The van der Waals surface area contributed by atoms with Gasteiger partial charge in [-0.15, -0.1) is 5.10 Å². The summed E-state index contributed by atoms with van der Waals surface area (Å²) in [4.78, 5) is 10.9. The smallest absolute Gasteiger partial charge is 0.270 e. The van der Waals surface area contributed by atoms with Gasteiger partial charge in [0.25, 0.3) is 5.91 Å². The summed E-state index contributed by atoms with van der Waals surface area (Å²) in [6.45, 7) is 6.47. The molecule has 0 fully saturated rings. The molecule has 0 aliphatic carbocycles. The second-order valence-corrected chi connectivity index (χ2v) is 5.21. The van der Waals surface area contributed by atoms with Gasteiger partial charge in [0.05, 0.1) is 11.9 Å². The van der Waals surface area contributed by atoms with Crippen molar-refractivity contribution < 1.29 is 4.79 Å². The number of nitrogens with two attached hydrogens (primary N) is 1. The Morgan fingerprint density at radius 1 is 1.22 bits per heavy atom. The number of carbonyl (C=O) groups excluding carboxylic acids is 1. The summed E-state index contributed by atoms with van der Waals surface area (Å²) in [7, 11) is 0. The SMILES string of the molecule is CC(C)(C)c1ccc(-n2cc(C(N)=O)nn2)cc1. The first-order valence-corrected chi connectivity index (χ1v) is 5.71. The van der Waals surface area contributed by atoms with Crippen molar-refractivity contribution in [2.45, 2.75) is 26.2 Å². The van der Waals surface area contributed by atoms with Crippen LogP contribution in [-0.2, 0) is 5.41 Å². The molecule has 0 saturated carbocycles. The highest BCUT2D eigenvalue weighted by Crippen LogP contribution is 2.22. The Balaban J connectivity index is 2.31. The number of nitrogens with zero attached hydrogens (tertiary/aromatic N) is 3. The molecule has 1 aromatic heterocycles. The Morgan fingerprint density at radius 3 is 2.28 bits per heavy atom. The number of carbonyl (C=O) groups is 1. The molecule has 5 nitrogen and oxygen atoms in total. The fourth-order valence-corrected chi connectivity index (χ4v) is 1.62. The van der Waals surface area contributed by atoms with Crippen molar-refractivity contribution in [1.29, 1.82) is 0 Å². The van der Waals surface area contributed by atoms with Crippen molar-refractivity contribution in [1.82, 2.24) is 15.0 Å². The number of hydrogen-bond donors (Lipinski definition) is 1. The molecule has 0 aliphatic heterocycles. The molecule has 2 rings (SSSR count). The van der Waals surface area contributed by atoms with Crippen molar-refractivity contribution in [3.63, 3.8) is 0 Å². The first-order chi connectivity index (χ1) is 8.38. The molecular weight excluding hydrogens is 228 g/mol. The lowest BCUT2D eigenvalue weighted by molar-refractivity contribution is 0.0995. The number of primary amides is 1. The molecule has 0 saturated heterocycles. The number of rotatable bonds is 2. The Hall–Kier alpha value is -2.17. The highest BCUT2D eigenvalue weighted by Gasteiger charge is 2.13. The van der Waals surface area contributed by atoms with Crippen LogP contribution < -0.4 is 5.73 Å². The van der Waals surface area contributed by atoms with Gasteiger partial charge in [0.15, 0.2) is 5.69 Å². The molecule has 2 aromatic rings. The number of hydrogen-bond acceptors (Lipinski definition) is 3. The highest BCUT2D eigenvalue weighted by atomic mass is 16.1. The molecule has 94 valence electrons. The van der Waals surface area contributed by atoms with E-state index in [4.69, 9.17) is 5.73 Å². The fraction of sp³-hybridized carbons (Fsp3) is 0.308. The van der Waals surface area contributed by atoms with E-state index in [1.165, 1.54) is 16.4 Å². The van der Waals surface area contributed by atoms with E-state index in [1.54, 1.807) is 0 Å². The first-order valence-electron chi connectivity index (χ1n) is 5.71. The van der Waals surface area contributed by atoms with Gasteiger partial charge < -0.3 is 5.73 Å². The summed E-state index contributed by atoms with van der Waals surface area (Å²) >= 11 is 0. The first kappa shape index (κ1) is 12.3. The van der Waals surface area contributed by atoms with Gasteiger partial charge in [-0.3, -0.25) is 4.79 Å². The van der Waals surface area contributed by atoms with Crippen LogP contribution in [0.5, 0.6) is 0 Å². The van der Waals surface area contributed by atoms with Gasteiger partial charge in [0.2, 0.25) is 0 Å². The predicted molar refractivity (Wildman–Crippen MR) is 68.6 cm³/mol. The molecule has 2 N–H and O–H groups in total. The van der Waals surface area contributed by atoms with Crippen molar-refractivity contribution in [2.75, 3.05) is 0 Å². The van der Waals surface area contributed by atoms with E-state index in [-0.39, 0.29) is 11.1 Å².